The van der Waals surface area contributed by atoms with E-state index in [9.17, 15) is 59.4 Å². The molecular formula is C38H69NO20S2. The summed E-state index contributed by atoms with van der Waals surface area (Å²) in [4.78, 5) is 67.3. The zero-order valence-electron chi connectivity index (χ0n) is 35.1. The number of aliphatic hydroxyl groups is 4. The van der Waals surface area contributed by atoms with E-state index in [-0.39, 0.29) is 31.1 Å². The van der Waals surface area contributed by atoms with Crippen LogP contribution in [0.25, 0.3) is 0 Å². The van der Waals surface area contributed by atoms with E-state index in [2.05, 4.69) is 0 Å². The highest BCUT2D eigenvalue weighted by Crippen LogP contribution is 2.25. The van der Waals surface area contributed by atoms with Gasteiger partial charge in [0.05, 0.1) is 69.9 Å². The van der Waals surface area contributed by atoms with E-state index in [4.69, 9.17) is 39.4 Å². The maximum atomic E-state index is 11.4. The molecule has 0 aromatic carbocycles. The van der Waals surface area contributed by atoms with Gasteiger partial charge in [-0.15, -0.1) is 0 Å². The van der Waals surface area contributed by atoms with E-state index in [0.29, 0.717) is 64.0 Å². The van der Waals surface area contributed by atoms with E-state index < -0.39 is 104 Å². The maximum Gasteiger partial charge on any atom is 0.320 e. The molecule has 6 unspecified atom stereocenters. The van der Waals surface area contributed by atoms with Crippen molar-refractivity contribution in [1.29, 1.82) is 0 Å². The molecule has 0 radical (unpaired) electrons. The van der Waals surface area contributed by atoms with Gasteiger partial charge in [0, 0.05) is 56.5 Å². The second kappa shape index (κ2) is 38.8. The first-order chi connectivity index (χ1) is 28.8. The van der Waals surface area contributed by atoms with Gasteiger partial charge in [0.1, 0.15) is 6.04 Å². The number of hydrogen-bond donors (Lipinski definition) is 10. The lowest BCUT2D eigenvalue weighted by Crippen LogP contribution is -2.46. The summed E-state index contributed by atoms with van der Waals surface area (Å²) in [5.41, 5.74) is 0. The molecule has 0 aromatic heterocycles. The van der Waals surface area contributed by atoms with E-state index in [0.717, 1.165) is 42.3 Å². The molecule has 0 saturated heterocycles. The quantitative estimate of drug-likeness (QED) is 0.0381. The van der Waals surface area contributed by atoms with Gasteiger partial charge in [-0.2, -0.15) is 23.5 Å². The molecule has 0 saturated carbocycles. The summed E-state index contributed by atoms with van der Waals surface area (Å²) in [6.45, 7) is 5.16. The molecule has 0 bridgehead atoms. The molecule has 23 heteroatoms. The predicted octanol–water partition coefficient (Wildman–Crippen LogP) is 0.911. The summed E-state index contributed by atoms with van der Waals surface area (Å²) in [7, 11) is 0. The van der Waals surface area contributed by atoms with Gasteiger partial charge in [-0.1, -0.05) is 13.8 Å². The van der Waals surface area contributed by atoms with Crippen molar-refractivity contribution >= 4 is 59.3 Å². The Bertz CT molecular complexity index is 1170. The van der Waals surface area contributed by atoms with Crippen molar-refractivity contribution < 1.29 is 98.8 Å². The van der Waals surface area contributed by atoms with Crippen LogP contribution in [0.3, 0.4) is 0 Å². The standard InChI is InChI=1S/C19H35NO10S.C19H34O10S/c1-2-14(21)11-29-6-3-4-7-30-12-15(22)13-31-8-5-16(19(27)28)20(9-17(23)24)10-18(25)26;1-2-14(20)9-28-5-3-4-6-29-10-15(21)11-30-12-16(19(26)27)13(7-17(22)23)8-18(24)25/h14-16,21-22H,2-13H2,1H3,(H,23,24)(H,25,26)(H,27,28);13-16,20-21H,2-12H2,1H3,(H,22,23)(H,24,25)(H,26,27). The van der Waals surface area contributed by atoms with Crippen LogP contribution in [0.1, 0.15) is 71.6 Å². The molecule has 358 valence electrons. The van der Waals surface area contributed by atoms with Crippen LogP contribution in [0.4, 0.5) is 0 Å². The van der Waals surface area contributed by atoms with Gasteiger partial charge in [0.25, 0.3) is 0 Å². The highest BCUT2D eigenvalue weighted by Gasteiger charge is 2.32. The topological polar surface area (TPSA) is 345 Å². The van der Waals surface area contributed by atoms with Crippen LogP contribution in [-0.2, 0) is 47.7 Å². The summed E-state index contributed by atoms with van der Waals surface area (Å²) < 4.78 is 21.3. The van der Waals surface area contributed by atoms with Crippen LogP contribution in [-0.4, -0.2) is 211 Å². The number of unbranched alkanes of at least 4 members (excludes halogenated alkanes) is 2. The van der Waals surface area contributed by atoms with Crippen molar-refractivity contribution in [3.05, 3.63) is 0 Å². The van der Waals surface area contributed by atoms with Gasteiger partial charge in [-0.05, 0) is 56.6 Å². The zero-order chi connectivity index (χ0) is 46.6. The van der Waals surface area contributed by atoms with E-state index in [1.165, 1.54) is 11.8 Å². The fourth-order valence-electron chi connectivity index (χ4n) is 5.07. The summed E-state index contributed by atoms with van der Waals surface area (Å²) >= 11 is 2.40. The van der Waals surface area contributed by atoms with Crippen LogP contribution in [0, 0.1) is 11.8 Å². The number of nitrogens with zero attached hydrogens (tertiary/aromatic N) is 1. The second-order valence-corrected chi connectivity index (χ2v) is 16.2. The number of hydrogen-bond acceptors (Lipinski definition) is 17. The Labute approximate surface area is 365 Å². The van der Waals surface area contributed by atoms with Crippen molar-refractivity contribution in [3.8, 4) is 0 Å². The Morgan fingerprint density at radius 3 is 1.21 bits per heavy atom. The summed E-state index contributed by atoms with van der Waals surface area (Å²) in [5.74, 6) is -9.03. The third kappa shape index (κ3) is 37.4. The Kier molecular flexibility index (Phi) is 38.3. The minimum absolute atomic E-state index is 0.00142. The normalized spacial score (nSPS) is 14.4. The minimum Gasteiger partial charge on any atom is -0.481 e. The number of aliphatic hydroxyl groups excluding tert-OH is 4. The average Bonchev–Trinajstić information content (AvgIpc) is 3.16. The molecule has 6 atom stereocenters. The first-order valence-electron chi connectivity index (χ1n) is 20.1. The average molecular weight is 924 g/mol. The molecule has 0 fully saturated rings. The Balaban J connectivity index is 0. The zero-order valence-corrected chi connectivity index (χ0v) is 36.8. The van der Waals surface area contributed by atoms with E-state index in [1.807, 2.05) is 13.8 Å². The highest BCUT2D eigenvalue weighted by atomic mass is 32.2. The van der Waals surface area contributed by atoms with Crippen molar-refractivity contribution in [1.82, 2.24) is 4.90 Å². The number of ether oxygens (including phenoxy) is 4. The first kappa shape index (κ1) is 60.2. The molecule has 0 aromatic rings. The minimum atomic E-state index is -1.31. The number of carboxylic acids is 6. The molecule has 61 heavy (non-hydrogen) atoms. The number of carboxylic acid groups (broad SMARTS) is 6. The molecule has 0 aliphatic carbocycles. The van der Waals surface area contributed by atoms with Crippen LogP contribution >= 0.6 is 23.5 Å². The van der Waals surface area contributed by atoms with Crippen molar-refractivity contribution in [2.75, 3.05) is 89.0 Å². The molecule has 0 heterocycles. The number of thioether (sulfide) groups is 2. The lowest BCUT2D eigenvalue weighted by molar-refractivity contribution is -0.151. The fourth-order valence-corrected chi connectivity index (χ4v) is 7.17. The third-order valence-electron chi connectivity index (χ3n) is 8.45. The third-order valence-corrected chi connectivity index (χ3v) is 10.8. The van der Waals surface area contributed by atoms with Crippen LogP contribution in [0.5, 0.6) is 0 Å². The molecule has 0 aliphatic heterocycles. The molecular weight excluding hydrogens is 855 g/mol. The van der Waals surface area contributed by atoms with Crippen molar-refractivity contribution in [3.63, 3.8) is 0 Å². The smallest absolute Gasteiger partial charge is 0.320 e. The molecule has 10 N–H and O–H groups in total. The lowest BCUT2D eigenvalue weighted by atomic mass is 9.88. The maximum absolute atomic E-state index is 11.4. The van der Waals surface area contributed by atoms with Crippen LogP contribution in [0.15, 0.2) is 0 Å². The Morgan fingerprint density at radius 1 is 0.508 bits per heavy atom. The van der Waals surface area contributed by atoms with E-state index >= 15 is 0 Å². The first-order valence-corrected chi connectivity index (χ1v) is 22.4. The number of carbonyl (C=O) groups is 6. The van der Waals surface area contributed by atoms with Crippen LogP contribution < -0.4 is 0 Å². The second-order valence-electron chi connectivity index (χ2n) is 14.0. The van der Waals surface area contributed by atoms with Gasteiger partial charge >= 0.3 is 35.8 Å². The molecule has 21 nitrogen and oxygen atoms in total. The largest absolute Gasteiger partial charge is 0.481 e. The van der Waals surface area contributed by atoms with Crippen molar-refractivity contribution in [2.45, 2.75) is 102 Å². The Morgan fingerprint density at radius 2 is 0.885 bits per heavy atom. The van der Waals surface area contributed by atoms with Gasteiger partial charge in [0.2, 0.25) is 0 Å². The predicted molar refractivity (Wildman–Crippen MR) is 223 cm³/mol. The highest BCUT2D eigenvalue weighted by molar-refractivity contribution is 7.99. The molecule has 0 spiro atoms. The SMILES string of the molecule is CCC(O)COCCCCOCC(O)CSCC(C(=O)O)C(CC(=O)O)CC(=O)O.CCC(O)COCCCCOCC(O)CSCCC(C(=O)O)N(CC(=O)O)CC(=O)O. The number of rotatable bonds is 41. The van der Waals surface area contributed by atoms with Gasteiger partial charge in [0.15, 0.2) is 0 Å². The van der Waals surface area contributed by atoms with E-state index in [1.54, 1.807) is 0 Å². The number of aliphatic carboxylic acids is 6. The van der Waals surface area contributed by atoms with Gasteiger partial charge in [-0.25, -0.2) is 0 Å². The summed E-state index contributed by atoms with van der Waals surface area (Å²) in [6, 6.07) is -1.24. The fraction of sp³-hybridized carbons (Fsp3) is 0.842. The molecule has 0 rings (SSSR count). The summed E-state index contributed by atoms with van der Waals surface area (Å²) in [5, 5.41) is 92.7. The molecule has 0 aliphatic rings. The summed E-state index contributed by atoms with van der Waals surface area (Å²) in [6.07, 6.45) is 0.831. The monoisotopic (exact) mass is 923 g/mol. The lowest BCUT2D eigenvalue weighted by Gasteiger charge is -2.25. The van der Waals surface area contributed by atoms with Gasteiger partial charge in [-0.3, -0.25) is 33.7 Å². The van der Waals surface area contributed by atoms with Crippen LogP contribution in [0.2, 0.25) is 0 Å². The molecule has 0 amide bonds. The Hall–Kier alpha value is -2.84. The van der Waals surface area contributed by atoms with Crippen molar-refractivity contribution in [2.24, 2.45) is 11.8 Å². The van der Waals surface area contributed by atoms with Gasteiger partial charge < -0.3 is 70.0 Å².